The molecule has 1 heterocycles. The van der Waals surface area contributed by atoms with E-state index in [1.165, 1.54) is 18.1 Å². The highest BCUT2D eigenvalue weighted by Gasteiger charge is 2.40. The Kier molecular flexibility index (Phi) is 10.8. The minimum atomic E-state index is -1.32. The number of ether oxygens (including phenoxy) is 4. The first-order valence-electron chi connectivity index (χ1n) is 14.1. The van der Waals surface area contributed by atoms with Gasteiger partial charge in [-0.1, -0.05) is 30.3 Å². The number of carboxylic acid groups (broad SMARTS) is 1. The molecule has 2 amide bonds. The number of nitrogens with zero attached hydrogens (tertiary/aromatic N) is 2. The Bertz CT molecular complexity index is 1290. The highest BCUT2D eigenvalue weighted by Crippen LogP contribution is 2.43. The van der Waals surface area contributed by atoms with Crippen LogP contribution < -0.4 is 15.0 Å². The number of hydrogen-bond donors (Lipinski definition) is 2. The molecule has 0 spiro atoms. The van der Waals surface area contributed by atoms with E-state index in [4.69, 9.17) is 18.9 Å². The van der Waals surface area contributed by atoms with Crippen molar-refractivity contribution >= 4 is 29.5 Å². The van der Waals surface area contributed by atoms with Crippen LogP contribution in [0.5, 0.6) is 5.75 Å². The van der Waals surface area contributed by atoms with E-state index in [0.717, 1.165) is 10.5 Å². The third-order valence-electron chi connectivity index (χ3n) is 6.29. The van der Waals surface area contributed by atoms with Crippen molar-refractivity contribution < 1.29 is 42.8 Å². The van der Waals surface area contributed by atoms with Crippen molar-refractivity contribution in [2.24, 2.45) is 0 Å². The number of benzene rings is 2. The molecule has 0 unspecified atom stereocenters. The lowest BCUT2D eigenvalue weighted by Gasteiger charge is -2.31. The summed E-state index contributed by atoms with van der Waals surface area (Å²) in [5.41, 5.74) is -0.589. The van der Waals surface area contributed by atoms with Gasteiger partial charge in [-0.2, -0.15) is 0 Å². The van der Waals surface area contributed by atoms with Crippen molar-refractivity contribution in [1.29, 1.82) is 0 Å². The maximum Gasteiger partial charge on any atom is 0.412 e. The largest absolute Gasteiger partial charge is 0.487 e. The van der Waals surface area contributed by atoms with E-state index in [1.54, 1.807) is 41.5 Å². The molecule has 0 aliphatic carbocycles. The van der Waals surface area contributed by atoms with Gasteiger partial charge < -0.3 is 34.3 Å². The zero-order chi connectivity index (χ0) is 31.9. The summed E-state index contributed by atoms with van der Waals surface area (Å²) < 4.78 is 38.2. The lowest BCUT2D eigenvalue weighted by atomic mass is 10.1. The number of anilines is 2. The van der Waals surface area contributed by atoms with Gasteiger partial charge in [0.05, 0.1) is 18.3 Å². The number of halogens is 1. The normalized spacial score (nSPS) is 14.6. The van der Waals surface area contributed by atoms with E-state index in [-0.39, 0.29) is 62.0 Å². The fourth-order valence-corrected chi connectivity index (χ4v) is 4.58. The van der Waals surface area contributed by atoms with Crippen molar-refractivity contribution in [3.05, 3.63) is 53.3 Å². The molecule has 2 aromatic rings. The van der Waals surface area contributed by atoms with Crippen LogP contribution in [0.4, 0.5) is 25.4 Å². The predicted octanol–water partition coefficient (Wildman–Crippen LogP) is 5.45. The number of carbonyl (C=O) groups excluding carboxylic acids is 2. The average Bonchev–Trinajstić information content (AvgIpc) is 3.26. The topological polar surface area (TPSA) is 127 Å². The molecule has 0 radical (unpaired) electrons. The van der Waals surface area contributed by atoms with Gasteiger partial charge in [-0.25, -0.2) is 14.0 Å². The number of amides is 2. The molecule has 11 nitrogen and oxygen atoms in total. The van der Waals surface area contributed by atoms with E-state index in [2.05, 4.69) is 5.32 Å². The van der Waals surface area contributed by atoms with Crippen molar-refractivity contribution in [2.45, 2.75) is 71.8 Å². The van der Waals surface area contributed by atoms with Gasteiger partial charge in [0.2, 0.25) is 0 Å². The lowest BCUT2D eigenvalue weighted by Crippen LogP contribution is -2.48. The molecule has 0 aromatic heterocycles. The first kappa shape index (κ1) is 33.4. The Balaban J connectivity index is 1.97. The number of rotatable bonds is 11. The molecule has 2 N–H and O–H groups in total. The van der Waals surface area contributed by atoms with Crippen LogP contribution in [-0.4, -0.2) is 78.8 Å². The molecule has 43 heavy (non-hydrogen) atoms. The molecule has 1 atom stereocenters. The average molecular weight is 604 g/mol. The SMILES string of the molecule is COCCN(C[C@H]1Cc2c(cc(OCc3ccccc3)c(NCC(=O)OC(C)(C)C)c2F)N1C(=O)O)C(=O)OC(C)(C)C. The van der Waals surface area contributed by atoms with Crippen LogP contribution in [0, 0.1) is 5.82 Å². The molecule has 1 aliphatic heterocycles. The molecule has 1 aliphatic rings. The van der Waals surface area contributed by atoms with Gasteiger partial charge in [-0.15, -0.1) is 0 Å². The van der Waals surface area contributed by atoms with E-state index < -0.39 is 41.2 Å². The second-order valence-electron chi connectivity index (χ2n) is 12.2. The molecule has 236 valence electrons. The predicted molar refractivity (Wildman–Crippen MR) is 159 cm³/mol. The Morgan fingerprint density at radius 2 is 1.72 bits per heavy atom. The second kappa shape index (κ2) is 13.9. The number of hydrogen-bond acceptors (Lipinski definition) is 8. The molecule has 0 saturated heterocycles. The van der Waals surface area contributed by atoms with Gasteiger partial charge in [0, 0.05) is 38.2 Å². The molecule has 0 fully saturated rings. The quantitative estimate of drug-likeness (QED) is 0.322. The van der Waals surface area contributed by atoms with E-state index in [9.17, 15) is 19.5 Å². The summed E-state index contributed by atoms with van der Waals surface area (Å²) in [6.07, 6.45) is -1.99. The van der Waals surface area contributed by atoms with Crippen LogP contribution in [-0.2, 0) is 32.0 Å². The number of methoxy groups -OCH3 is 1. The molecule has 12 heteroatoms. The summed E-state index contributed by atoms with van der Waals surface area (Å²) in [4.78, 5) is 40.3. The monoisotopic (exact) mass is 603 g/mol. The fourth-order valence-electron chi connectivity index (χ4n) is 4.58. The van der Waals surface area contributed by atoms with Gasteiger partial charge in [-0.3, -0.25) is 9.69 Å². The van der Waals surface area contributed by atoms with Gasteiger partial charge in [0.15, 0.2) is 5.82 Å². The Morgan fingerprint density at radius 1 is 1.07 bits per heavy atom. The van der Waals surface area contributed by atoms with Crippen LogP contribution in [0.25, 0.3) is 0 Å². The molecule has 3 rings (SSSR count). The molecule has 2 aromatic carbocycles. The van der Waals surface area contributed by atoms with E-state index in [1.807, 2.05) is 30.3 Å². The van der Waals surface area contributed by atoms with Crippen LogP contribution in [0.1, 0.15) is 52.7 Å². The Labute approximate surface area is 251 Å². The maximum absolute atomic E-state index is 16.2. The molecule has 0 bridgehead atoms. The summed E-state index contributed by atoms with van der Waals surface area (Å²) in [6, 6.07) is 9.81. The summed E-state index contributed by atoms with van der Waals surface area (Å²) in [5.74, 6) is -1.32. The second-order valence-corrected chi connectivity index (χ2v) is 12.2. The van der Waals surface area contributed by atoms with Crippen LogP contribution in [0.2, 0.25) is 0 Å². The number of nitrogens with one attached hydrogen (secondary N) is 1. The van der Waals surface area contributed by atoms with Crippen molar-refractivity contribution in [3.8, 4) is 5.75 Å². The minimum Gasteiger partial charge on any atom is -0.487 e. The lowest BCUT2D eigenvalue weighted by molar-refractivity contribution is -0.152. The number of esters is 1. The zero-order valence-electron chi connectivity index (χ0n) is 25.9. The van der Waals surface area contributed by atoms with Gasteiger partial charge in [0.1, 0.15) is 35.8 Å². The smallest absolute Gasteiger partial charge is 0.412 e. The third kappa shape index (κ3) is 9.47. The van der Waals surface area contributed by atoms with Crippen LogP contribution >= 0.6 is 0 Å². The summed E-state index contributed by atoms with van der Waals surface area (Å²) >= 11 is 0. The van der Waals surface area contributed by atoms with Crippen molar-refractivity contribution in [1.82, 2.24) is 4.90 Å². The minimum absolute atomic E-state index is 0.0268. The summed E-state index contributed by atoms with van der Waals surface area (Å²) in [5, 5.41) is 13.0. The first-order valence-corrected chi connectivity index (χ1v) is 14.1. The molecular weight excluding hydrogens is 561 g/mol. The van der Waals surface area contributed by atoms with Crippen molar-refractivity contribution in [3.63, 3.8) is 0 Å². The Hall–Kier alpha value is -4.06. The highest BCUT2D eigenvalue weighted by atomic mass is 19.1. The van der Waals surface area contributed by atoms with Crippen LogP contribution in [0.3, 0.4) is 0 Å². The molecular formula is C31H42FN3O8. The summed E-state index contributed by atoms with van der Waals surface area (Å²) in [7, 11) is 1.49. The molecule has 0 saturated carbocycles. The summed E-state index contributed by atoms with van der Waals surface area (Å²) in [6.45, 7) is 10.4. The zero-order valence-corrected chi connectivity index (χ0v) is 25.9. The van der Waals surface area contributed by atoms with Crippen molar-refractivity contribution in [2.75, 3.05) is 43.6 Å². The van der Waals surface area contributed by atoms with Crippen LogP contribution in [0.15, 0.2) is 36.4 Å². The van der Waals surface area contributed by atoms with Gasteiger partial charge in [-0.05, 0) is 47.1 Å². The van der Waals surface area contributed by atoms with E-state index >= 15 is 4.39 Å². The third-order valence-corrected chi connectivity index (χ3v) is 6.29. The van der Waals surface area contributed by atoms with Gasteiger partial charge >= 0.3 is 18.2 Å². The first-order chi connectivity index (χ1) is 20.1. The fraction of sp³-hybridized carbons (Fsp3) is 0.516. The standard InChI is InChI=1S/C31H42FN3O8/c1-30(2,3)42-25(36)17-33-27-24(41-19-20-11-9-8-10-12-20)16-23-22(26(27)32)15-21(35(23)28(37)38)18-34(13-14-40-7)29(39)43-31(4,5)6/h8-12,16,21,33H,13-15,17-19H2,1-7H3,(H,37,38)/t21-/m1/s1. The number of fused-ring (bicyclic) bond motifs is 1. The van der Waals surface area contributed by atoms with Gasteiger partial charge in [0.25, 0.3) is 0 Å². The maximum atomic E-state index is 16.2. The number of carbonyl (C=O) groups is 3. The van der Waals surface area contributed by atoms with E-state index in [0.29, 0.717) is 0 Å². The Morgan fingerprint density at radius 3 is 2.30 bits per heavy atom. The highest BCUT2D eigenvalue weighted by molar-refractivity contribution is 5.92.